The van der Waals surface area contributed by atoms with Crippen molar-refractivity contribution in [3.63, 3.8) is 0 Å². The van der Waals surface area contributed by atoms with Crippen molar-refractivity contribution in [1.82, 2.24) is 4.98 Å². The molecule has 0 unspecified atom stereocenters. The monoisotopic (exact) mass is 217 g/mol. The number of aromatic nitrogens is 1. The molecule has 2 heterocycles. The summed E-state index contributed by atoms with van der Waals surface area (Å²) >= 11 is 0. The number of fused-ring (bicyclic) bond motifs is 1. The van der Waals surface area contributed by atoms with Gasteiger partial charge in [0.05, 0.1) is 16.8 Å². The third-order valence-electron chi connectivity index (χ3n) is 2.19. The van der Waals surface area contributed by atoms with Crippen LogP contribution in [0.2, 0.25) is 0 Å². The molecule has 0 aliphatic rings. The molecule has 0 atom stereocenters. The molecule has 0 aromatic carbocycles. The molecule has 0 spiro atoms. The summed E-state index contributed by atoms with van der Waals surface area (Å²) in [6.07, 6.45) is 0.566. The standard InChI is InChI=1S/C11H11N3O2/c1-6-3-4-8-9(13-5-15)10(7(2)12)16-11(8)14-6/h3-5H,2,12H2,1H3,(H,13,15). The molecule has 3 N–H and O–H groups in total. The molecule has 1 amide bonds. The Morgan fingerprint density at radius 2 is 2.38 bits per heavy atom. The highest BCUT2D eigenvalue weighted by atomic mass is 16.3. The van der Waals surface area contributed by atoms with Crippen LogP contribution in [-0.2, 0) is 4.79 Å². The SMILES string of the molecule is C=C(N)c1oc2nc(C)ccc2c1NC=O. The van der Waals surface area contributed by atoms with Gasteiger partial charge in [-0.15, -0.1) is 0 Å². The number of hydrogen-bond donors (Lipinski definition) is 2. The van der Waals surface area contributed by atoms with Gasteiger partial charge in [-0.25, -0.2) is 4.98 Å². The van der Waals surface area contributed by atoms with Gasteiger partial charge in [-0.1, -0.05) is 6.58 Å². The topological polar surface area (TPSA) is 81.2 Å². The average Bonchev–Trinajstić information content (AvgIpc) is 2.57. The number of carbonyl (C=O) groups is 1. The van der Waals surface area contributed by atoms with Crippen molar-refractivity contribution in [3.05, 3.63) is 30.2 Å². The summed E-state index contributed by atoms with van der Waals surface area (Å²) in [7, 11) is 0. The Kier molecular flexibility index (Phi) is 2.36. The Balaban J connectivity index is 2.74. The van der Waals surface area contributed by atoms with Crippen molar-refractivity contribution in [1.29, 1.82) is 0 Å². The van der Waals surface area contributed by atoms with E-state index in [1.165, 1.54) is 0 Å². The summed E-state index contributed by atoms with van der Waals surface area (Å²) in [4.78, 5) is 14.7. The van der Waals surface area contributed by atoms with E-state index >= 15 is 0 Å². The quantitative estimate of drug-likeness (QED) is 0.765. The van der Waals surface area contributed by atoms with E-state index in [1.807, 2.05) is 19.1 Å². The van der Waals surface area contributed by atoms with Gasteiger partial charge in [0, 0.05) is 5.69 Å². The lowest BCUT2D eigenvalue weighted by Gasteiger charge is -1.98. The van der Waals surface area contributed by atoms with E-state index in [9.17, 15) is 4.79 Å². The number of anilines is 1. The van der Waals surface area contributed by atoms with Gasteiger partial charge in [0.25, 0.3) is 0 Å². The molecule has 16 heavy (non-hydrogen) atoms. The molecular weight excluding hydrogens is 206 g/mol. The minimum atomic E-state index is 0.250. The summed E-state index contributed by atoms with van der Waals surface area (Å²) in [5.41, 5.74) is 7.59. The molecule has 0 aliphatic heterocycles. The van der Waals surface area contributed by atoms with E-state index in [1.54, 1.807) is 0 Å². The van der Waals surface area contributed by atoms with E-state index in [0.717, 1.165) is 5.69 Å². The lowest BCUT2D eigenvalue weighted by molar-refractivity contribution is -0.105. The average molecular weight is 217 g/mol. The largest absolute Gasteiger partial charge is 0.434 e. The van der Waals surface area contributed by atoms with E-state index in [-0.39, 0.29) is 5.70 Å². The summed E-state index contributed by atoms with van der Waals surface area (Å²) in [5, 5.41) is 3.25. The predicted molar refractivity (Wildman–Crippen MR) is 61.7 cm³/mol. The number of nitrogens with zero attached hydrogens (tertiary/aromatic N) is 1. The number of furan rings is 1. The van der Waals surface area contributed by atoms with Crippen molar-refractivity contribution >= 4 is 28.9 Å². The zero-order valence-corrected chi connectivity index (χ0v) is 8.78. The lowest BCUT2D eigenvalue weighted by Crippen LogP contribution is -1.99. The Morgan fingerprint density at radius 1 is 1.62 bits per heavy atom. The van der Waals surface area contributed by atoms with E-state index in [0.29, 0.717) is 29.0 Å². The van der Waals surface area contributed by atoms with Crippen LogP contribution in [0.15, 0.2) is 23.1 Å². The molecule has 2 aromatic rings. The first-order valence-electron chi connectivity index (χ1n) is 4.68. The molecule has 0 radical (unpaired) electrons. The number of carbonyl (C=O) groups excluding carboxylic acids is 1. The van der Waals surface area contributed by atoms with Gasteiger partial charge in [0.15, 0.2) is 5.76 Å². The maximum atomic E-state index is 10.5. The number of pyridine rings is 1. The van der Waals surface area contributed by atoms with E-state index in [2.05, 4.69) is 16.9 Å². The number of amides is 1. The molecule has 2 rings (SSSR count). The molecule has 0 fully saturated rings. The summed E-state index contributed by atoms with van der Waals surface area (Å²) in [6.45, 7) is 5.44. The minimum Gasteiger partial charge on any atom is -0.434 e. The fourth-order valence-corrected chi connectivity index (χ4v) is 1.50. The molecule has 0 bridgehead atoms. The normalized spacial score (nSPS) is 10.3. The highest BCUT2D eigenvalue weighted by molar-refractivity contribution is 5.98. The first kappa shape index (κ1) is 10.2. The van der Waals surface area contributed by atoms with Crippen LogP contribution in [0.4, 0.5) is 5.69 Å². The van der Waals surface area contributed by atoms with Crippen molar-refractivity contribution < 1.29 is 9.21 Å². The van der Waals surface area contributed by atoms with Crippen LogP contribution in [0.5, 0.6) is 0 Å². The predicted octanol–water partition coefficient (Wildman–Crippen LogP) is 1.63. The highest BCUT2D eigenvalue weighted by Gasteiger charge is 2.15. The number of nitrogens with two attached hydrogens (primary N) is 1. The zero-order chi connectivity index (χ0) is 11.7. The third-order valence-corrected chi connectivity index (χ3v) is 2.19. The summed E-state index contributed by atoms with van der Waals surface area (Å²) in [5.74, 6) is 0.347. The second-order valence-electron chi connectivity index (χ2n) is 3.40. The molecule has 0 saturated carbocycles. The van der Waals surface area contributed by atoms with E-state index in [4.69, 9.17) is 10.2 Å². The molecular formula is C11H11N3O2. The molecule has 0 saturated heterocycles. The maximum absolute atomic E-state index is 10.5. The van der Waals surface area contributed by atoms with E-state index < -0.39 is 0 Å². The maximum Gasteiger partial charge on any atom is 0.229 e. The van der Waals surface area contributed by atoms with Crippen LogP contribution in [0.3, 0.4) is 0 Å². The number of aryl methyl sites for hydroxylation is 1. The van der Waals surface area contributed by atoms with Gasteiger partial charge in [-0.2, -0.15) is 0 Å². The number of rotatable bonds is 3. The number of hydrogen-bond acceptors (Lipinski definition) is 4. The van der Waals surface area contributed by atoms with Gasteiger partial charge in [0.2, 0.25) is 12.1 Å². The lowest BCUT2D eigenvalue weighted by atomic mass is 10.2. The first-order valence-corrected chi connectivity index (χ1v) is 4.68. The number of nitrogens with one attached hydrogen (secondary N) is 1. The van der Waals surface area contributed by atoms with Crippen molar-refractivity contribution in [3.8, 4) is 0 Å². The Bertz CT molecular complexity index is 572. The van der Waals surface area contributed by atoms with Gasteiger partial charge in [-0.05, 0) is 19.1 Å². The van der Waals surface area contributed by atoms with Gasteiger partial charge >= 0.3 is 0 Å². The van der Waals surface area contributed by atoms with Crippen LogP contribution in [-0.4, -0.2) is 11.4 Å². The van der Waals surface area contributed by atoms with Crippen LogP contribution in [0.25, 0.3) is 16.8 Å². The van der Waals surface area contributed by atoms with Gasteiger partial charge < -0.3 is 15.5 Å². The second-order valence-corrected chi connectivity index (χ2v) is 3.40. The molecule has 0 aliphatic carbocycles. The smallest absolute Gasteiger partial charge is 0.229 e. The Labute approximate surface area is 91.9 Å². The van der Waals surface area contributed by atoms with Crippen LogP contribution in [0, 0.1) is 6.92 Å². The minimum absolute atomic E-state index is 0.250. The zero-order valence-electron chi connectivity index (χ0n) is 8.78. The van der Waals surface area contributed by atoms with Gasteiger partial charge in [-0.3, -0.25) is 4.79 Å². The van der Waals surface area contributed by atoms with Gasteiger partial charge in [0.1, 0.15) is 0 Å². The summed E-state index contributed by atoms with van der Waals surface area (Å²) in [6, 6.07) is 3.65. The van der Waals surface area contributed by atoms with Crippen molar-refractivity contribution in [2.45, 2.75) is 6.92 Å². The van der Waals surface area contributed by atoms with Crippen molar-refractivity contribution in [2.75, 3.05) is 5.32 Å². The fourth-order valence-electron chi connectivity index (χ4n) is 1.50. The first-order chi connectivity index (χ1) is 7.63. The molecule has 5 nitrogen and oxygen atoms in total. The highest BCUT2D eigenvalue weighted by Crippen LogP contribution is 2.31. The second kappa shape index (κ2) is 3.69. The van der Waals surface area contributed by atoms with Crippen LogP contribution in [0.1, 0.15) is 11.5 Å². The van der Waals surface area contributed by atoms with Crippen molar-refractivity contribution in [2.24, 2.45) is 5.73 Å². The summed E-state index contributed by atoms with van der Waals surface area (Å²) < 4.78 is 5.44. The molecule has 82 valence electrons. The Hall–Kier alpha value is -2.30. The van der Waals surface area contributed by atoms with Crippen LogP contribution < -0.4 is 11.1 Å². The molecule has 5 heteroatoms. The Morgan fingerprint density at radius 3 is 3.00 bits per heavy atom. The third kappa shape index (κ3) is 1.52. The van der Waals surface area contributed by atoms with Crippen LogP contribution >= 0.6 is 0 Å². The molecule has 2 aromatic heterocycles. The fraction of sp³-hybridized carbons (Fsp3) is 0.0909.